The lowest BCUT2D eigenvalue weighted by atomic mass is 10.0. The molecule has 3 atom stereocenters. The van der Waals surface area contributed by atoms with E-state index < -0.39 is 11.2 Å². The molecule has 1 aliphatic heterocycles. The third kappa shape index (κ3) is 6.53. The summed E-state index contributed by atoms with van der Waals surface area (Å²) in [6.45, 7) is 13.0. The van der Waals surface area contributed by atoms with E-state index in [1.807, 2.05) is 39.5 Å². The number of nitrogens with one attached hydrogen (secondary N) is 1. The second-order valence-electron chi connectivity index (χ2n) is 7.84. The molecule has 0 aromatic rings. The standard InChI is InChI=1S/C17H34N2O3/c1-7-17(6,21)12-18-13(2)11-14-9-8-10-19(14)15(20)22-16(3,4)5/h13-14,18,21H,7-12H2,1-6H3. The molecule has 0 saturated carbocycles. The Morgan fingerprint density at radius 3 is 2.59 bits per heavy atom. The number of carbonyl (C=O) groups excluding carboxylic acids is 1. The van der Waals surface area contributed by atoms with E-state index in [4.69, 9.17) is 4.74 Å². The maximum atomic E-state index is 12.3. The molecule has 130 valence electrons. The largest absolute Gasteiger partial charge is 0.444 e. The predicted molar refractivity (Wildman–Crippen MR) is 89.0 cm³/mol. The predicted octanol–water partition coefficient (Wildman–Crippen LogP) is 2.92. The first-order valence-electron chi connectivity index (χ1n) is 8.49. The molecule has 0 aromatic carbocycles. The smallest absolute Gasteiger partial charge is 0.410 e. The molecule has 5 nitrogen and oxygen atoms in total. The monoisotopic (exact) mass is 314 g/mol. The number of hydrogen-bond donors (Lipinski definition) is 2. The summed E-state index contributed by atoms with van der Waals surface area (Å²) >= 11 is 0. The van der Waals surface area contributed by atoms with Crippen molar-refractivity contribution in [3.8, 4) is 0 Å². The molecule has 22 heavy (non-hydrogen) atoms. The number of likely N-dealkylation sites (tertiary alicyclic amines) is 1. The third-order valence-corrected chi connectivity index (χ3v) is 4.22. The summed E-state index contributed by atoms with van der Waals surface area (Å²) < 4.78 is 5.49. The van der Waals surface area contributed by atoms with Crippen LogP contribution in [0.15, 0.2) is 0 Å². The zero-order valence-corrected chi connectivity index (χ0v) is 15.1. The van der Waals surface area contributed by atoms with Gasteiger partial charge in [0.1, 0.15) is 5.60 Å². The van der Waals surface area contributed by atoms with Gasteiger partial charge in [0.15, 0.2) is 0 Å². The Balaban J connectivity index is 2.48. The lowest BCUT2D eigenvalue weighted by Crippen LogP contribution is -2.45. The van der Waals surface area contributed by atoms with E-state index in [1.165, 1.54) is 0 Å². The molecular formula is C17H34N2O3. The fraction of sp³-hybridized carbons (Fsp3) is 0.941. The van der Waals surface area contributed by atoms with Crippen LogP contribution in [0.3, 0.4) is 0 Å². The number of ether oxygens (including phenoxy) is 1. The highest BCUT2D eigenvalue weighted by Crippen LogP contribution is 2.24. The molecule has 0 aromatic heterocycles. The maximum absolute atomic E-state index is 12.3. The molecule has 0 spiro atoms. The highest BCUT2D eigenvalue weighted by molar-refractivity contribution is 5.68. The number of hydrogen-bond acceptors (Lipinski definition) is 4. The lowest BCUT2D eigenvalue weighted by Gasteiger charge is -2.31. The second-order valence-corrected chi connectivity index (χ2v) is 7.84. The van der Waals surface area contributed by atoms with Crippen molar-refractivity contribution in [3.05, 3.63) is 0 Å². The molecule has 5 heteroatoms. The first kappa shape index (κ1) is 19.2. The summed E-state index contributed by atoms with van der Waals surface area (Å²) in [5.41, 5.74) is -1.12. The van der Waals surface area contributed by atoms with E-state index in [2.05, 4.69) is 12.2 Å². The van der Waals surface area contributed by atoms with Crippen LogP contribution in [-0.4, -0.2) is 52.5 Å². The van der Waals surface area contributed by atoms with Crippen LogP contribution < -0.4 is 5.32 Å². The van der Waals surface area contributed by atoms with Crippen molar-refractivity contribution in [2.45, 2.75) is 90.5 Å². The summed E-state index contributed by atoms with van der Waals surface area (Å²) in [5.74, 6) is 0. The number of aliphatic hydroxyl groups is 1. The van der Waals surface area contributed by atoms with Crippen molar-refractivity contribution in [3.63, 3.8) is 0 Å². The minimum Gasteiger partial charge on any atom is -0.444 e. The van der Waals surface area contributed by atoms with Gasteiger partial charge in [-0.2, -0.15) is 0 Å². The van der Waals surface area contributed by atoms with Crippen LogP contribution in [0.1, 0.15) is 67.2 Å². The van der Waals surface area contributed by atoms with E-state index in [0.29, 0.717) is 6.54 Å². The minimum atomic E-state index is -0.672. The Morgan fingerprint density at radius 1 is 1.41 bits per heavy atom. The van der Waals surface area contributed by atoms with Gasteiger partial charge in [-0.15, -0.1) is 0 Å². The van der Waals surface area contributed by atoms with Crippen LogP contribution in [0, 0.1) is 0 Å². The van der Waals surface area contributed by atoms with Crippen LogP contribution in [0.2, 0.25) is 0 Å². The molecule has 1 fully saturated rings. The number of carbonyl (C=O) groups is 1. The van der Waals surface area contributed by atoms with Gasteiger partial charge >= 0.3 is 6.09 Å². The number of amides is 1. The zero-order chi connectivity index (χ0) is 17.0. The quantitative estimate of drug-likeness (QED) is 0.791. The molecular weight excluding hydrogens is 280 g/mol. The molecule has 0 radical (unpaired) electrons. The highest BCUT2D eigenvalue weighted by atomic mass is 16.6. The number of nitrogens with zero attached hydrogens (tertiary/aromatic N) is 1. The summed E-state index contributed by atoms with van der Waals surface area (Å²) in [6, 6.07) is 0.481. The van der Waals surface area contributed by atoms with Gasteiger partial charge < -0.3 is 20.1 Å². The van der Waals surface area contributed by atoms with Crippen LogP contribution in [0.4, 0.5) is 4.79 Å². The Hall–Kier alpha value is -0.810. The Labute approximate surface area is 135 Å². The van der Waals surface area contributed by atoms with Gasteiger partial charge in [0.25, 0.3) is 0 Å². The van der Waals surface area contributed by atoms with Crippen LogP contribution >= 0.6 is 0 Å². The van der Waals surface area contributed by atoms with Crippen molar-refractivity contribution in [1.29, 1.82) is 0 Å². The number of rotatable bonds is 6. The molecule has 3 unspecified atom stereocenters. The first-order valence-corrected chi connectivity index (χ1v) is 8.49. The van der Waals surface area contributed by atoms with Gasteiger partial charge in [-0.1, -0.05) is 6.92 Å². The van der Waals surface area contributed by atoms with Crippen molar-refractivity contribution < 1.29 is 14.6 Å². The van der Waals surface area contributed by atoms with Crippen LogP contribution in [0.5, 0.6) is 0 Å². The van der Waals surface area contributed by atoms with Gasteiger partial charge in [0.2, 0.25) is 0 Å². The van der Waals surface area contributed by atoms with Crippen LogP contribution in [0.25, 0.3) is 0 Å². The highest BCUT2D eigenvalue weighted by Gasteiger charge is 2.33. The van der Waals surface area contributed by atoms with Crippen LogP contribution in [-0.2, 0) is 4.74 Å². The van der Waals surface area contributed by atoms with Crippen molar-refractivity contribution in [2.75, 3.05) is 13.1 Å². The normalized spacial score (nSPS) is 23.2. The van der Waals surface area contributed by atoms with E-state index in [0.717, 1.165) is 32.2 Å². The molecule has 2 N–H and O–H groups in total. The Bertz CT molecular complexity index is 363. The summed E-state index contributed by atoms with van der Waals surface area (Å²) in [4.78, 5) is 14.1. The average molecular weight is 314 g/mol. The molecule has 0 bridgehead atoms. The van der Waals surface area contributed by atoms with E-state index in [-0.39, 0.29) is 18.2 Å². The van der Waals surface area contributed by atoms with Gasteiger partial charge in [-0.05, 0) is 60.3 Å². The van der Waals surface area contributed by atoms with Gasteiger partial charge in [-0.3, -0.25) is 0 Å². The van der Waals surface area contributed by atoms with Gasteiger partial charge in [0, 0.05) is 25.2 Å². The summed E-state index contributed by atoms with van der Waals surface area (Å²) in [6.07, 6.45) is 3.46. The van der Waals surface area contributed by atoms with Crippen molar-refractivity contribution >= 4 is 6.09 Å². The summed E-state index contributed by atoms with van der Waals surface area (Å²) in [5, 5.41) is 13.4. The molecule has 1 aliphatic rings. The summed E-state index contributed by atoms with van der Waals surface area (Å²) in [7, 11) is 0. The topological polar surface area (TPSA) is 61.8 Å². The Morgan fingerprint density at radius 2 is 2.05 bits per heavy atom. The molecule has 0 aliphatic carbocycles. The third-order valence-electron chi connectivity index (χ3n) is 4.22. The minimum absolute atomic E-state index is 0.206. The lowest BCUT2D eigenvalue weighted by molar-refractivity contribution is 0.0205. The molecule has 1 saturated heterocycles. The van der Waals surface area contributed by atoms with Crippen molar-refractivity contribution in [2.24, 2.45) is 0 Å². The molecule has 1 rings (SSSR count). The first-order chi connectivity index (χ1) is 10.0. The van der Waals surface area contributed by atoms with E-state index >= 15 is 0 Å². The van der Waals surface area contributed by atoms with E-state index in [9.17, 15) is 9.90 Å². The fourth-order valence-electron chi connectivity index (χ4n) is 2.65. The van der Waals surface area contributed by atoms with Gasteiger partial charge in [-0.25, -0.2) is 4.79 Å². The van der Waals surface area contributed by atoms with Crippen molar-refractivity contribution in [1.82, 2.24) is 10.2 Å². The average Bonchev–Trinajstić information content (AvgIpc) is 2.83. The Kier molecular flexibility index (Phi) is 6.68. The fourth-order valence-corrected chi connectivity index (χ4v) is 2.65. The molecule has 1 amide bonds. The SMILES string of the molecule is CCC(C)(O)CNC(C)CC1CCCN1C(=O)OC(C)(C)C. The van der Waals surface area contributed by atoms with Gasteiger partial charge in [0.05, 0.1) is 5.60 Å². The van der Waals surface area contributed by atoms with E-state index in [1.54, 1.807) is 0 Å². The second kappa shape index (κ2) is 7.64. The maximum Gasteiger partial charge on any atom is 0.410 e. The zero-order valence-electron chi connectivity index (χ0n) is 15.1. The molecule has 1 heterocycles.